The molecule has 0 bridgehead atoms. The first-order chi connectivity index (χ1) is 27.3. The maximum absolute atomic E-state index is 2.49. The van der Waals surface area contributed by atoms with Crippen LogP contribution in [0.25, 0.3) is 104 Å². The summed E-state index contributed by atoms with van der Waals surface area (Å²) in [6.45, 7) is 0. The lowest BCUT2D eigenvalue weighted by molar-refractivity contribution is 1.18. The molecule has 0 radical (unpaired) electrons. The molecule has 0 fully saturated rings. The summed E-state index contributed by atoms with van der Waals surface area (Å²) < 4.78 is 7.29. The number of hydrogen-bond donors (Lipinski definition) is 0. The fraction of sp³-hybridized carbons (Fsp3) is 0. The Morgan fingerprint density at radius 3 is 1.29 bits per heavy atom. The summed E-state index contributed by atoms with van der Waals surface area (Å²) in [7, 11) is 0. The lowest BCUT2D eigenvalue weighted by Crippen LogP contribution is -1.95. The summed E-state index contributed by atoms with van der Waals surface area (Å²) in [5, 5.41) is 9.95. The number of para-hydroxylation sites is 4. The molecular weight excluding hydrogens is 667 g/mol. The lowest BCUT2D eigenvalue weighted by atomic mass is 10.00. The summed E-state index contributed by atoms with van der Waals surface area (Å²) in [6.07, 6.45) is 0. The summed E-state index contributed by atoms with van der Waals surface area (Å²) in [6, 6.07) is 73.3. The third kappa shape index (κ3) is 4.38. The normalized spacial score (nSPS) is 12.0. The van der Waals surface area contributed by atoms with Crippen molar-refractivity contribution in [3.63, 3.8) is 0 Å². The van der Waals surface area contributed by atoms with Crippen LogP contribution in [0.15, 0.2) is 200 Å². The third-order valence-corrected chi connectivity index (χ3v) is 11.6. The maximum Gasteiger partial charge on any atom is 0.0549 e. The molecule has 0 N–H and O–H groups in total. The summed E-state index contributed by atoms with van der Waals surface area (Å²) in [5.74, 6) is 0. The Kier molecular flexibility index (Phi) is 6.34. The number of rotatable bonds is 4. The molecule has 12 rings (SSSR count). The van der Waals surface area contributed by atoms with Crippen LogP contribution in [0.4, 0.5) is 0 Å². The van der Waals surface area contributed by atoms with E-state index < -0.39 is 0 Å². The molecule has 0 spiro atoms. The van der Waals surface area contributed by atoms with E-state index in [4.69, 9.17) is 0 Å². The van der Waals surface area contributed by atoms with Crippen molar-refractivity contribution in [2.75, 3.05) is 0 Å². The van der Waals surface area contributed by atoms with Crippen LogP contribution in [-0.2, 0) is 0 Å². The zero-order valence-corrected chi connectivity index (χ0v) is 29.9. The van der Waals surface area contributed by atoms with E-state index in [0.29, 0.717) is 0 Å². The van der Waals surface area contributed by atoms with E-state index in [1.54, 1.807) is 0 Å². The van der Waals surface area contributed by atoms with Gasteiger partial charge in [0.25, 0.3) is 0 Å². The molecule has 9 aromatic carbocycles. The van der Waals surface area contributed by atoms with Gasteiger partial charge in [-0.3, -0.25) is 0 Å². The van der Waals surface area contributed by atoms with Gasteiger partial charge in [-0.05, 0) is 95.4 Å². The highest BCUT2D eigenvalue weighted by Gasteiger charge is 2.20. The van der Waals surface area contributed by atoms with Gasteiger partial charge >= 0.3 is 0 Å². The average molecular weight is 700 g/mol. The SMILES string of the molecule is c1ccc(-n2c3ccccc3c3cc(-c4ccc5c(c4)c4cc6c(cc4n5-c4cccc5ccccc45)c4ccccc4n6-c4ccccc4)ccc32)cc1. The van der Waals surface area contributed by atoms with Crippen molar-refractivity contribution in [2.24, 2.45) is 0 Å². The van der Waals surface area contributed by atoms with Gasteiger partial charge < -0.3 is 13.7 Å². The quantitative estimate of drug-likeness (QED) is 0.174. The van der Waals surface area contributed by atoms with E-state index in [1.165, 1.54) is 98.7 Å². The van der Waals surface area contributed by atoms with Crippen molar-refractivity contribution in [3.8, 4) is 28.2 Å². The van der Waals surface area contributed by atoms with E-state index >= 15 is 0 Å². The minimum absolute atomic E-state index is 1.16. The van der Waals surface area contributed by atoms with Gasteiger partial charge in [0.1, 0.15) is 0 Å². The van der Waals surface area contributed by atoms with Crippen LogP contribution in [0.1, 0.15) is 0 Å². The molecule has 256 valence electrons. The summed E-state index contributed by atoms with van der Waals surface area (Å²) >= 11 is 0. The minimum Gasteiger partial charge on any atom is -0.309 e. The van der Waals surface area contributed by atoms with Crippen molar-refractivity contribution in [2.45, 2.75) is 0 Å². The number of hydrogen-bond acceptors (Lipinski definition) is 0. The van der Waals surface area contributed by atoms with E-state index in [1.807, 2.05) is 0 Å². The van der Waals surface area contributed by atoms with Gasteiger partial charge in [0.15, 0.2) is 0 Å². The highest BCUT2D eigenvalue weighted by atomic mass is 15.0. The number of nitrogens with zero attached hydrogens (tertiary/aromatic N) is 3. The van der Waals surface area contributed by atoms with Gasteiger partial charge in [-0.15, -0.1) is 0 Å². The monoisotopic (exact) mass is 699 g/mol. The molecule has 0 aliphatic carbocycles. The molecule has 0 amide bonds. The third-order valence-electron chi connectivity index (χ3n) is 11.6. The first kappa shape index (κ1) is 30.1. The van der Waals surface area contributed by atoms with E-state index in [9.17, 15) is 0 Å². The molecule has 3 heterocycles. The summed E-state index contributed by atoms with van der Waals surface area (Å²) in [5.41, 5.74) is 13.2. The van der Waals surface area contributed by atoms with Gasteiger partial charge in [0, 0.05) is 49.1 Å². The zero-order valence-electron chi connectivity index (χ0n) is 29.9. The standard InChI is InChI=1S/C52H33N3/c1-3-16-37(17-4-1)53-47-23-11-9-21-40(47)42-30-35(26-28-49(42)53)36-27-29-50-43(31-36)45-33-51-44(41-22-10-12-24-48(41)54(51)38-18-5-2-6-19-38)32-52(45)55(50)46-25-13-15-34-14-7-8-20-39(34)46/h1-33H. The number of aromatic nitrogens is 3. The van der Waals surface area contributed by atoms with Crippen LogP contribution in [0.3, 0.4) is 0 Å². The second kappa shape index (κ2) is 11.6. The first-order valence-corrected chi connectivity index (χ1v) is 18.9. The predicted molar refractivity (Wildman–Crippen MR) is 232 cm³/mol. The molecule has 3 heteroatoms. The number of benzene rings is 9. The molecule has 0 aliphatic rings. The smallest absolute Gasteiger partial charge is 0.0549 e. The molecule has 3 nitrogen and oxygen atoms in total. The van der Waals surface area contributed by atoms with Gasteiger partial charge in [-0.25, -0.2) is 0 Å². The second-order valence-corrected chi connectivity index (χ2v) is 14.6. The Labute approximate surface area is 317 Å². The Hall–Kier alpha value is -7.36. The number of fused-ring (bicyclic) bond motifs is 10. The van der Waals surface area contributed by atoms with Crippen molar-refractivity contribution in [3.05, 3.63) is 200 Å². The van der Waals surface area contributed by atoms with E-state index in [2.05, 4.69) is 214 Å². The molecule has 0 saturated heterocycles. The molecule has 0 atom stereocenters. The van der Waals surface area contributed by atoms with Crippen LogP contribution in [0.5, 0.6) is 0 Å². The molecule has 0 unspecified atom stereocenters. The highest BCUT2D eigenvalue weighted by Crippen LogP contribution is 2.42. The van der Waals surface area contributed by atoms with Crippen LogP contribution < -0.4 is 0 Å². The first-order valence-electron chi connectivity index (χ1n) is 18.9. The fourth-order valence-corrected chi connectivity index (χ4v) is 9.19. The van der Waals surface area contributed by atoms with Crippen LogP contribution >= 0.6 is 0 Å². The molecule has 12 aromatic rings. The Balaban J connectivity index is 1.16. The molecule has 55 heavy (non-hydrogen) atoms. The Morgan fingerprint density at radius 2 is 0.655 bits per heavy atom. The molecular formula is C52H33N3. The van der Waals surface area contributed by atoms with Crippen LogP contribution in [-0.4, -0.2) is 13.7 Å². The van der Waals surface area contributed by atoms with Crippen LogP contribution in [0, 0.1) is 0 Å². The topological polar surface area (TPSA) is 14.8 Å². The second-order valence-electron chi connectivity index (χ2n) is 14.6. The molecule has 3 aromatic heterocycles. The minimum atomic E-state index is 1.16. The van der Waals surface area contributed by atoms with Crippen molar-refractivity contribution < 1.29 is 0 Å². The largest absolute Gasteiger partial charge is 0.309 e. The van der Waals surface area contributed by atoms with Gasteiger partial charge in [0.2, 0.25) is 0 Å². The Morgan fingerprint density at radius 1 is 0.236 bits per heavy atom. The predicted octanol–water partition coefficient (Wildman–Crippen LogP) is 13.8. The van der Waals surface area contributed by atoms with Crippen molar-refractivity contribution in [1.29, 1.82) is 0 Å². The van der Waals surface area contributed by atoms with Crippen molar-refractivity contribution >= 4 is 76.2 Å². The van der Waals surface area contributed by atoms with E-state index in [0.717, 1.165) is 5.69 Å². The fourth-order valence-electron chi connectivity index (χ4n) is 9.19. The lowest BCUT2D eigenvalue weighted by Gasteiger charge is -2.12. The van der Waals surface area contributed by atoms with Gasteiger partial charge in [-0.2, -0.15) is 0 Å². The molecule has 0 aliphatic heterocycles. The van der Waals surface area contributed by atoms with Gasteiger partial charge in [0.05, 0.1) is 38.8 Å². The highest BCUT2D eigenvalue weighted by molar-refractivity contribution is 6.20. The zero-order chi connectivity index (χ0) is 36.0. The molecule has 0 saturated carbocycles. The maximum atomic E-state index is 2.49. The average Bonchev–Trinajstić information content (AvgIpc) is 3.88. The van der Waals surface area contributed by atoms with Crippen LogP contribution in [0.2, 0.25) is 0 Å². The summed E-state index contributed by atoms with van der Waals surface area (Å²) in [4.78, 5) is 0. The van der Waals surface area contributed by atoms with Crippen molar-refractivity contribution in [1.82, 2.24) is 13.7 Å². The Bertz CT molecular complexity index is 3470. The van der Waals surface area contributed by atoms with E-state index in [-0.39, 0.29) is 0 Å². The van der Waals surface area contributed by atoms with Gasteiger partial charge in [-0.1, -0.05) is 121 Å².